The molecule has 2 amide bonds. The van der Waals surface area contributed by atoms with Gasteiger partial charge in [-0.25, -0.2) is 0 Å². The third kappa shape index (κ3) is 6.11. The molecule has 6 rings (SSSR count). The van der Waals surface area contributed by atoms with Gasteiger partial charge in [0.1, 0.15) is 0 Å². The van der Waals surface area contributed by atoms with Crippen LogP contribution in [0.4, 0.5) is 13.2 Å². The number of piperidine rings is 2. The third-order valence-electron chi connectivity index (χ3n) is 10.1. The normalized spacial score (nSPS) is 20.1. The summed E-state index contributed by atoms with van der Waals surface area (Å²) >= 11 is 6.10. The lowest BCUT2D eigenvalue weighted by atomic mass is 9.71. The van der Waals surface area contributed by atoms with Gasteiger partial charge in [0.2, 0.25) is 0 Å². The van der Waals surface area contributed by atoms with Crippen LogP contribution in [-0.4, -0.2) is 57.6 Å². The fraction of sp³-hybridized carbons (Fsp3) is 0.485. The van der Waals surface area contributed by atoms with Gasteiger partial charge in [0.05, 0.1) is 28.4 Å². The summed E-state index contributed by atoms with van der Waals surface area (Å²) in [4.78, 5) is 31.0. The Morgan fingerprint density at radius 1 is 1.05 bits per heavy atom. The van der Waals surface area contributed by atoms with Crippen LogP contribution in [0.5, 0.6) is 0 Å². The molecule has 2 aliphatic heterocycles. The minimum Gasteiger partial charge on any atom is -0.345 e. The number of halogens is 4. The van der Waals surface area contributed by atoms with Crippen LogP contribution in [0.1, 0.15) is 86.8 Å². The Morgan fingerprint density at radius 3 is 2.41 bits per heavy atom. The summed E-state index contributed by atoms with van der Waals surface area (Å²) in [5.74, 6) is -0.691. The average molecular weight is 628 g/mol. The molecule has 1 unspecified atom stereocenters. The van der Waals surface area contributed by atoms with Gasteiger partial charge >= 0.3 is 6.18 Å². The second-order valence-corrected chi connectivity index (χ2v) is 13.0. The highest BCUT2D eigenvalue weighted by Gasteiger charge is 2.39. The highest BCUT2D eigenvalue weighted by molar-refractivity contribution is 6.33. The van der Waals surface area contributed by atoms with E-state index < -0.39 is 23.7 Å². The van der Waals surface area contributed by atoms with E-state index in [1.807, 2.05) is 41.0 Å². The van der Waals surface area contributed by atoms with Gasteiger partial charge in [-0.15, -0.1) is 0 Å². The van der Waals surface area contributed by atoms with Gasteiger partial charge in [0, 0.05) is 43.5 Å². The number of nitrogens with one attached hydrogen (secondary N) is 1. The van der Waals surface area contributed by atoms with Crippen molar-refractivity contribution in [2.75, 3.05) is 26.2 Å². The van der Waals surface area contributed by atoms with E-state index >= 15 is 0 Å². The minimum atomic E-state index is -4.58. The third-order valence-corrected chi connectivity index (χ3v) is 10.4. The van der Waals surface area contributed by atoms with Crippen molar-refractivity contribution < 1.29 is 22.8 Å². The summed E-state index contributed by atoms with van der Waals surface area (Å²) < 4.78 is 41.6. The van der Waals surface area contributed by atoms with Crippen LogP contribution in [0.2, 0.25) is 5.02 Å². The molecular formula is C33H37ClF3N5O2. The number of alkyl halides is 3. The van der Waals surface area contributed by atoms with E-state index in [2.05, 4.69) is 22.2 Å². The molecule has 1 N–H and O–H groups in total. The summed E-state index contributed by atoms with van der Waals surface area (Å²) in [6, 6.07) is 7.93. The van der Waals surface area contributed by atoms with E-state index in [4.69, 9.17) is 11.6 Å². The van der Waals surface area contributed by atoms with Gasteiger partial charge in [-0.3, -0.25) is 19.2 Å². The second-order valence-electron chi connectivity index (χ2n) is 12.6. The Bertz CT molecular complexity index is 1570. The number of benzene rings is 2. The van der Waals surface area contributed by atoms with E-state index in [9.17, 15) is 22.8 Å². The van der Waals surface area contributed by atoms with Crippen LogP contribution >= 0.6 is 11.6 Å². The van der Waals surface area contributed by atoms with Crippen molar-refractivity contribution in [3.63, 3.8) is 0 Å². The molecule has 2 saturated heterocycles. The Labute approximate surface area is 260 Å². The van der Waals surface area contributed by atoms with Gasteiger partial charge in [-0.2, -0.15) is 18.3 Å². The molecule has 1 spiro atoms. The van der Waals surface area contributed by atoms with E-state index in [0.717, 1.165) is 74.6 Å². The first kappa shape index (κ1) is 30.6. The minimum absolute atomic E-state index is 0.0231. The number of rotatable bonds is 5. The summed E-state index contributed by atoms with van der Waals surface area (Å²) in [7, 11) is 1.97. The number of fused-ring (bicyclic) bond motifs is 1. The average Bonchev–Trinajstić information content (AvgIpc) is 3.55. The van der Waals surface area contributed by atoms with Crippen LogP contribution in [0.25, 0.3) is 0 Å². The molecule has 1 atom stereocenters. The Kier molecular flexibility index (Phi) is 8.26. The van der Waals surface area contributed by atoms with Crippen LogP contribution < -0.4 is 5.32 Å². The van der Waals surface area contributed by atoms with Crippen molar-refractivity contribution in [3.8, 4) is 0 Å². The summed E-state index contributed by atoms with van der Waals surface area (Å²) in [5.41, 5.74) is 4.03. The predicted octanol–water partition coefficient (Wildman–Crippen LogP) is 6.34. The molecule has 3 heterocycles. The fourth-order valence-corrected chi connectivity index (χ4v) is 7.19. The van der Waals surface area contributed by atoms with Crippen molar-refractivity contribution in [1.29, 1.82) is 0 Å². The predicted molar refractivity (Wildman–Crippen MR) is 161 cm³/mol. The fourth-order valence-electron chi connectivity index (χ4n) is 6.99. The van der Waals surface area contributed by atoms with E-state index in [1.54, 1.807) is 0 Å². The smallest absolute Gasteiger partial charge is 0.345 e. The number of likely N-dealkylation sites (tertiary alicyclic amines) is 2. The SMILES string of the molecule is Cc1c(CN2CCC3(CC2)CCN(C(=O)c2ccc4c(c2)C(NC(=O)c2cc(C(F)(F)F)ccc2Cl)CC4)CC3)cnn1C. The van der Waals surface area contributed by atoms with Crippen LogP contribution in [0.15, 0.2) is 42.6 Å². The molecule has 44 heavy (non-hydrogen) atoms. The van der Waals surface area contributed by atoms with Gasteiger partial charge in [0.15, 0.2) is 0 Å². The Morgan fingerprint density at radius 2 is 1.75 bits per heavy atom. The number of hydrogen-bond acceptors (Lipinski definition) is 4. The molecule has 1 aromatic heterocycles. The molecule has 0 saturated carbocycles. The lowest BCUT2D eigenvalue weighted by molar-refractivity contribution is -0.137. The maximum atomic E-state index is 13.6. The molecule has 2 aromatic carbocycles. The molecule has 0 radical (unpaired) electrons. The molecule has 3 aromatic rings. The summed E-state index contributed by atoms with van der Waals surface area (Å²) in [6.45, 7) is 6.55. The molecule has 3 aliphatic rings. The highest BCUT2D eigenvalue weighted by Crippen LogP contribution is 2.42. The zero-order chi connectivity index (χ0) is 31.2. The lowest BCUT2D eigenvalue weighted by Crippen LogP contribution is -2.48. The van der Waals surface area contributed by atoms with Crippen molar-refractivity contribution >= 4 is 23.4 Å². The number of carbonyl (C=O) groups is 2. The van der Waals surface area contributed by atoms with Crippen molar-refractivity contribution in [3.05, 3.63) is 86.7 Å². The zero-order valence-corrected chi connectivity index (χ0v) is 25.8. The quantitative estimate of drug-likeness (QED) is 0.359. The topological polar surface area (TPSA) is 70.5 Å². The van der Waals surface area contributed by atoms with Crippen LogP contribution in [0, 0.1) is 12.3 Å². The first-order valence-electron chi connectivity index (χ1n) is 15.2. The number of nitrogens with zero attached hydrogens (tertiary/aromatic N) is 4. The Balaban J connectivity index is 1.06. The van der Waals surface area contributed by atoms with Gasteiger partial charge in [-0.05, 0) is 105 Å². The van der Waals surface area contributed by atoms with E-state index in [0.29, 0.717) is 31.5 Å². The second kappa shape index (κ2) is 11.9. The first-order valence-corrected chi connectivity index (χ1v) is 15.6. The molecule has 1 aliphatic carbocycles. The first-order chi connectivity index (χ1) is 20.9. The number of carbonyl (C=O) groups excluding carboxylic acids is 2. The van der Waals surface area contributed by atoms with E-state index in [1.165, 1.54) is 11.3 Å². The Hall–Kier alpha value is -3.37. The maximum absolute atomic E-state index is 13.6. The van der Waals surface area contributed by atoms with E-state index in [-0.39, 0.29) is 21.9 Å². The van der Waals surface area contributed by atoms with Crippen molar-refractivity contribution in [1.82, 2.24) is 24.9 Å². The van der Waals surface area contributed by atoms with Crippen LogP contribution in [0.3, 0.4) is 0 Å². The maximum Gasteiger partial charge on any atom is 0.416 e. The molecule has 2 fully saturated rings. The number of amides is 2. The molecule has 11 heteroatoms. The zero-order valence-electron chi connectivity index (χ0n) is 25.0. The lowest BCUT2D eigenvalue weighted by Gasteiger charge is -2.47. The highest BCUT2D eigenvalue weighted by atomic mass is 35.5. The standard InChI is InChI=1S/C33H37ClF3N5O2/c1-21-24(19-38-40(21)2)20-41-13-9-32(10-14-41)11-15-42(16-12-32)31(44)23-4-3-22-5-8-29(26(22)17-23)39-30(43)27-18-25(33(35,36)37)6-7-28(27)34/h3-4,6-7,17-19,29H,5,8-16,20H2,1-2H3,(H,39,43). The molecule has 7 nitrogen and oxygen atoms in total. The molecular weight excluding hydrogens is 591 g/mol. The van der Waals surface area contributed by atoms with Gasteiger partial charge in [-0.1, -0.05) is 17.7 Å². The number of aromatic nitrogens is 2. The molecule has 234 valence electrons. The van der Waals surface area contributed by atoms with Gasteiger partial charge in [0.25, 0.3) is 11.8 Å². The van der Waals surface area contributed by atoms with Gasteiger partial charge < -0.3 is 10.2 Å². The molecule has 0 bridgehead atoms. The summed E-state index contributed by atoms with van der Waals surface area (Å²) in [6.07, 6.45) is 2.91. The van der Waals surface area contributed by atoms with Crippen LogP contribution in [-0.2, 0) is 26.2 Å². The number of aryl methyl sites for hydroxylation is 2. The summed E-state index contributed by atoms with van der Waals surface area (Å²) in [5, 5.41) is 7.18. The largest absolute Gasteiger partial charge is 0.416 e. The number of hydrogen-bond donors (Lipinski definition) is 1. The van der Waals surface area contributed by atoms with Crippen molar-refractivity contribution in [2.45, 2.75) is 64.2 Å². The van der Waals surface area contributed by atoms with Crippen molar-refractivity contribution in [2.24, 2.45) is 12.5 Å². The monoisotopic (exact) mass is 627 g/mol.